The van der Waals surface area contributed by atoms with Crippen molar-refractivity contribution in [1.82, 2.24) is 0 Å². The minimum absolute atomic E-state index is 0.297. The minimum atomic E-state index is -0.692. The second-order valence-electron chi connectivity index (χ2n) is 8.69. The van der Waals surface area contributed by atoms with Crippen molar-refractivity contribution in [2.45, 2.75) is 141 Å². The molecule has 0 amide bonds. The first-order valence-corrected chi connectivity index (χ1v) is 12.5. The third kappa shape index (κ3) is 24.6. The number of carbonyl (C=O) groups excluding carboxylic acids is 1. The van der Waals surface area contributed by atoms with E-state index in [0.717, 1.165) is 77.0 Å². The van der Waals surface area contributed by atoms with Gasteiger partial charge in [-0.3, -0.25) is 14.4 Å². The molecule has 2 N–H and O–H groups in total. The fourth-order valence-electron chi connectivity index (χ4n) is 3.80. The molecule has 0 spiro atoms. The van der Waals surface area contributed by atoms with Gasteiger partial charge >= 0.3 is 11.9 Å². The fraction of sp³-hybridized carbons (Fsp3) is 0.880. The van der Waals surface area contributed by atoms with Crippen LogP contribution in [-0.2, 0) is 14.4 Å². The highest BCUT2D eigenvalue weighted by atomic mass is 16.4. The molecule has 0 unspecified atom stereocenters. The van der Waals surface area contributed by atoms with Crippen LogP contribution in [-0.4, -0.2) is 27.9 Å². The van der Waals surface area contributed by atoms with Crippen molar-refractivity contribution in [2.24, 2.45) is 0 Å². The van der Waals surface area contributed by atoms with Crippen molar-refractivity contribution in [2.75, 3.05) is 0 Å². The van der Waals surface area contributed by atoms with Crippen molar-refractivity contribution < 1.29 is 24.6 Å². The van der Waals surface area contributed by atoms with Crippen molar-refractivity contribution in [1.29, 1.82) is 0 Å². The molecule has 30 heavy (non-hydrogen) atoms. The summed E-state index contributed by atoms with van der Waals surface area (Å²) in [6, 6.07) is 0. The molecule has 0 saturated carbocycles. The zero-order valence-electron chi connectivity index (χ0n) is 19.2. The van der Waals surface area contributed by atoms with E-state index in [-0.39, 0.29) is 0 Å². The molecule has 0 heterocycles. The number of carboxylic acids is 2. The Kier molecular flexibility index (Phi) is 21.3. The van der Waals surface area contributed by atoms with Crippen LogP contribution < -0.4 is 0 Å². The van der Waals surface area contributed by atoms with Crippen molar-refractivity contribution in [3.8, 4) is 0 Å². The number of Topliss-reactive ketones (excluding diaryl/α,β-unsaturated/α-hetero) is 1. The van der Waals surface area contributed by atoms with Gasteiger partial charge < -0.3 is 10.2 Å². The number of carbonyl (C=O) groups is 3. The Morgan fingerprint density at radius 1 is 0.333 bits per heavy atom. The molecule has 0 aliphatic heterocycles. The van der Waals surface area contributed by atoms with E-state index in [0.29, 0.717) is 18.6 Å². The largest absolute Gasteiger partial charge is 0.481 e. The van der Waals surface area contributed by atoms with E-state index in [1.54, 1.807) is 0 Å². The van der Waals surface area contributed by atoms with E-state index in [9.17, 15) is 14.4 Å². The molecular weight excluding hydrogens is 380 g/mol. The van der Waals surface area contributed by atoms with E-state index in [4.69, 9.17) is 10.2 Å². The molecule has 0 fully saturated rings. The third-order valence-electron chi connectivity index (χ3n) is 5.69. The van der Waals surface area contributed by atoms with Gasteiger partial charge in [-0.25, -0.2) is 0 Å². The monoisotopic (exact) mass is 426 g/mol. The van der Waals surface area contributed by atoms with E-state index < -0.39 is 11.9 Å². The molecular formula is C25H46O5. The smallest absolute Gasteiger partial charge is 0.303 e. The number of ketones is 1. The Labute approximate surface area is 184 Å². The number of carboxylic acid groups (broad SMARTS) is 2. The lowest BCUT2D eigenvalue weighted by atomic mass is 10.0. The summed E-state index contributed by atoms with van der Waals surface area (Å²) >= 11 is 0. The first kappa shape index (κ1) is 28.6. The zero-order chi connectivity index (χ0) is 22.3. The molecule has 0 aromatic rings. The Bertz CT molecular complexity index is 395. The second-order valence-corrected chi connectivity index (χ2v) is 8.69. The predicted molar refractivity (Wildman–Crippen MR) is 122 cm³/mol. The standard InChI is InChI=1S/C25H46O5/c26-23(19-15-11-7-3-1-5-9-13-17-21-24(27)28)20-16-12-8-4-2-6-10-14-18-22-25(29)30/h1-22H2,(H,27,28)(H,29,30). The van der Waals surface area contributed by atoms with Gasteiger partial charge in [0.05, 0.1) is 0 Å². The first-order valence-electron chi connectivity index (χ1n) is 12.5. The zero-order valence-corrected chi connectivity index (χ0v) is 19.2. The van der Waals surface area contributed by atoms with Gasteiger partial charge in [0, 0.05) is 25.7 Å². The van der Waals surface area contributed by atoms with Gasteiger partial charge in [-0.2, -0.15) is 0 Å². The summed E-state index contributed by atoms with van der Waals surface area (Å²) in [6.45, 7) is 0. The third-order valence-corrected chi connectivity index (χ3v) is 5.69. The average molecular weight is 427 g/mol. The van der Waals surface area contributed by atoms with Crippen LogP contribution in [0, 0.1) is 0 Å². The Hall–Kier alpha value is -1.39. The molecule has 176 valence electrons. The lowest BCUT2D eigenvalue weighted by Gasteiger charge is -2.04. The highest BCUT2D eigenvalue weighted by Crippen LogP contribution is 2.14. The Balaban J connectivity index is 3.18. The molecule has 0 atom stereocenters. The van der Waals surface area contributed by atoms with Gasteiger partial charge in [-0.15, -0.1) is 0 Å². The van der Waals surface area contributed by atoms with Gasteiger partial charge in [0.1, 0.15) is 5.78 Å². The van der Waals surface area contributed by atoms with E-state index in [2.05, 4.69) is 0 Å². The Morgan fingerprint density at radius 3 is 0.767 bits per heavy atom. The highest BCUT2D eigenvalue weighted by Gasteiger charge is 2.02. The van der Waals surface area contributed by atoms with Crippen LogP contribution in [0.2, 0.25) is 0 Å². The van der Waals surface area contributed by atoms with Gasteiger partial charge in [-0.05, 0) is 25.7 Å². The van der Waals surface area contributed by atoms with Gasteiger partial charge in [0.25, 0.3) is 0 Å². The molecule has 0 saturated heterocycles. The van der Waals surface area contributed by atoms with E-state index in [1.165, 1.54) is 51.4 Å². The van der Waals surface area contributed by atoms with Crippen molar-refractivity contribution in [3.05, 3.63) is 0 Å². The summed E-state index contributed by atoms with van der Waals surface area (Å²) in [7, 11) is 0. The second kappa shape index (κ2) is 22.3. The summed E-state index contributed by atoms with van der Waals surface area (Å²) in [5.41, 5.74) is 0. The van der Waals surface area contributed by atoms with Crippen LogP contribution in [0.4, 0.5) is 0 Å². The minimum Gasteiger partial charge on any atom is -0.481 e. The molecule has 5 nitrogen and oxygen atoms in total. The fourth-order valence-corrected chi connectivity index (χ4v) is 3.80. The molecule has 0 bridgehead atoms. The molecule has 0 aromatic carbocycles. The molecule has 0 rings (SSSR count). The summed E-state index contributed by atoms with van der Waals surface area (Å²) < 4.78 is 0. The summed E-state index contributed by atoms with van der Waals surface area (Å²) in [4.78, 5) is 32.7. The summed E-state index contributed by atoms with van der Waals surface area (Å²) in [5, 5.41) is 17.1. The van der Waals surface area contributed by atoms with Crippen LogP contribution in [0.5, 0.6) is 0 Å². The number of rotatable bonds is 24. The quantitative estimate of drug-likeness (QED) is 0.158. The number of hydrogen-bond donors (Lipinski definition) is 2. The van der Waals surface area contributed by atoms with E-state index >= 15 is 0 Å². The summed E-state index contributed by atoms with van der Waals surface area (Å²) in [5.74, 6) is -0.961. The van der Waals surface area contributed by atoms with Crippen LogP contribution in [0.15, 0.2) is 0 Å². The van der Waals surface area contributed by atoms with Crippen molar-refractivity contribution in [3.63, 3.8) is 0 Å². The molecule has 0 aromatic heterocycles. The molecule has 0 radical (unpaired) electrons. The molecule has 5 heteroatoms. The predicted octanol–water partition coefficient (Wildman–Crippen LogP) is 7.31. The maximum atomic E-state index is 11.9. The van der Waals surface area contributed by atoms with Crippen LogP contribution in [0.25, 0.3) is 0 Å². The van der Waals surface area contributed by atoms with Crippen LogP contribution in [0.3, 0.4) is 0 Å². The van der Waals surface area contributed by atoms with Crippen LogP contribution >= 0.6 is 0 Å². The number of hydrogen-bond acceptors (Lipinski definition) is 3. The maximum absolute atomic E-state index is 11.9. The number of aliphatic carboxylic acids is 2. The van der Waals surface area contributed by atoms with Crippen LogP contribution in [0.1, 0.15) is 141 Å². The first-order chi connectivity index (χ1) is 14.5. The topological polar surface area (TPSA) is 91.7 Å². The maximum Gasteiger partial charge on any atom is 0.303 e. The number of unbranched alkanes of at least 4 members (excludes halogenated alkanes) is 16. The highest BCUT2D eigenvalue weighted by molar-refractivity contribution is 5.78. The van der Waals surface area contributed by atoms with Gasteiger partial charge in [0.15, 0.2) is 0 Å². The molecule has 0 aliphatic rings. The summed E-state index contributed by atoms with van der Waals surface area (Å²) in [6.07, 6.45) is 22.1. The normalized spacial score (nSPS) is 10.9. The van der Waals surface area contributed by atoms with Crippen molar-refractivity contribution >= 4 is 17.7 Å². The lowest BCUT2D eigenvalue weighted by molar-refractivity contribution is -0.138. The SMILES string of the molecule is O=C(O)CCCCCCCCCCCC(=O)CCCCCCCCCCCC(=O)O. The molecule has 0 aliphatic carbocycles. The van der Waals surface area contributed by atoms with E-state index in [1.807, 2.05) is 0 Å². The van der Waals surface area contributed by atoms with Gasteiger partial charge in [0.2, 0.25) is 0 Å². The van der Waals surface area contributed by atoms with Gasteiger partial charge in [-0.1, -0.05) is 89.9 Å². The Morgan fingerprint density at radius 2 is 0.533 bits per heavy atom. The average Bonchev–Trinajstić information content (AvgIpc) is 2.69. The lowest BCUT2D eigenvalue weighted by Crippen LogP contribution is -1.97.